The summed E-state index contributed by atoms with van der Waals surface area (Å²) in [6, 6.07) is 14.5. The molecule has 3 heterocycles. The number of furan rings is 1. The lowest BCUT2D eigenvalue weighted by molar-refractivity contribution is -0.126. The molecule has 1 aromatic carbocycles. The summed E-state index contributed by atoms with van der Waals surface area (Å²) in [6.07, 6.45) is 5.87. The number of carbonyl (C=O) groups is 2. The third-order valence-electron chi connectivity index (χ3n) is 5.64. The van der Waals surface area contributed by atoms with Crippen molar-refractivity contribution in [1.29, 1.82) is 0 Å². The van der Waals surface area contributed by atoms with Gasteiger partial charge in [-0.3, -0.25) is 14.6 Å². The van der Waals surface area contributed by atoms with Crippen LogP contribution in [-0.4, -0.2) is 41.9 Å². The molecule has 7 nitrogen and oxygen atoms in total. The number of nitrogens with one attached hydrogen (secondary N) is 1. The van der Waals surface area contributed by atoms with E-state index in [0.717, 1.165) is 11.3 Å². The number of piperidine rings is 1. The predicted octanol–water partition coefficient (Wildman–Crippen LogP) is 3.44. The molecule has 1 fully saturated rings. The summed E-state index contributed by atoms with van der Waals surface area (Å²) in [7, 11) is 1.61. The third-order valence-corrected chi connectivity index (χ3v) is 5.64. The first kappa shape index (κ1) is 20.7. The van der Waals surface area contributed by atoms with Crippen molar-refractivity contribution < 1.29 is 18.7 Å². The van der Waals surface area contributed by atoms with Crippen molar-refractivity contribution in [1.82, 2.24) is 15.2 Å². The number of methoxy groups -OCH3 is 1. The topological polar surface area (TPSA) is 84.7 Å². The van der Waals surface area contributed by atoms with E-state index in [1.54, 1.807) is 24.3 Å². The van der Waals surface area contributed by atoms with Crippen LogP contribution in [0.2, 0.25) is 0 Å². The van der Waals surface area contributed by atoms with E-state index >= 15 is 0 Å². The van der Waals surface area contributed by atoms with Crippen molar-refractivity contribution in [3.63, 3.8) is 0 Å². The Kier molecular flexibility index (Phi) is 6.31. The van der Waals surface area contributed by atoms with Crippen LogP contribution in [0.25, 0.3) is 0 Å². The van der Waals surface area contributed by atoms with E-state index in [1.165, 1.54) is 12.5 Å². The Bertz CT molecular complexity index is 1010. The third kappa shape index (κ3) is 4.60. The van der Waals surface area contributed by atoms with Crippen molar-refractivity contribution in [2.75, 3.05) is 20.2 Å². The van der Waals surface area contributed by atoms with Gasteiger partial charge < -0.3 is 19.4 Å². The Hall–Kier alpha value is -3.61. The van der Waals surface area contributed by atoms with Gasteiger partial charge in [-0.1, -0.05) is 24.3 Å². The number of nitrogens with zero attached hydrogens (tertiary/aromatic N) is 2. The van der Waals surface area contributed by atoms with E-state index < -0.39 is 6.04 Å². The number of pyridine rings is 1. The minimum atomic E-state index is -0.421. The predicted molar refractivity (Wildman–Crippen MR) is 115 cm³/mol. The zero-order valence-electron chi connectivity index (χ0n) is 17.4. The Labute approximate surface area is 181 Å². The van der Waals surface area contributed by atoms with E-state index in [2.05, 4.69) is 10.3 Å². The molecule has 0 radical (unpaired) electrons. The molecule has 1 N–H and O–H groups in total. The second-order valence-electron chi connectivity index (χ2n) is 7.52. The summed E-state index contributed by atoms with van der Waals surface area (Å²) < 4.78 is 10.5. The molecule has 0 saturated carbocycles. The Morgan fingerprint density at radius 2 is 1.90 bits per heavy atom. The van der Waals surface area contributed by atoms with Crippen LogP contribution in [0.4, 0.5) is 0 Å². The number of ether oxygens (including phenoxy) is 1. The van der Waals surface area contributed by atoms with E-state index in [-0.39, 0.29) is 17.7 Å². The van der Waals surface area contributed by atoms with Crippen molar-refractivity contribution >= 4 is 11.8 Å². The molecule has 1 aliphatic rings. The van der Waals surface area contributed by atoms with Crippen molar-refractivity contribution in [3.8, 4) is 5.75 Å². The highest BCUT2D eigenvalue weighted by Gasteiger charge is 2.30. The molecule has 3 aromatic rings. The fraction of sp³-hybridized carbons (Fsp3) is 0.292. The molecule has 2 amide bonds. The van der Waals surface area contributed by atoms with Crippen LogP contribution in [0.5, 0.6) is 5.75 Å². The zero-order chi connectivity index (χ0) is 21.6. The van der Waals surface area contributed by atoms with Crippen molar-refractivity contribution in [2.45, 2.75) is 18.9 Å². The first-order valence-electron chi connectivity index (χ1n) is 10.3. The maximum Gasteiger partial charge on any atom is 0.257 e. The maximum absolute atomic E-state index is 13.2. The van der Waals surface area contributed by atoms with Crippen LogP contribution >= 0.6 is 0 Å². The number of rotatable bonds is 6. The standard InChI is InChI=1S/C24H25N3O4/c1-30-21-8-3-2-6-19(21)22(20-7-4-5-12-25-20)26-23(28)17-9-13-27(14-10-17)24(29)18-11-15-31-16-18/h2-8,11-12,15-17,22H,9-10,13-14H2,1H3,(H,26,28). The number of hydrogen-bond acceptors (Lipinski definition) is 5. The minimum Gasteiger partial charge on any atom is -0.496 e. The number of carbonyl (C=O) groups excluding carboxylic acids is 2. The lowest BCUT2D eigenvalue weighted by Gasteiger charge is -2.32. The molecule has 4 rings (SSSR count). The van der Waals surface area contributed by atoms with Crippen LogP contribution in [0.15, 0.2) is 71.7 Å². The van der Waals surface area contributed by atoms with Crippen molar-refractivity contribution in [2.24, 2.45) is 5.92 Å². The van der Waals surface area contributed by atoms with E-state index in [1.807, 2.05) is 42.5 Å². The van der Waals surface area contributed by atoms with Gasteiger partial charge in [0.25, 0.3) is 5.91 Å². The minimum absolute atomic E-state index is 0.0445. The molecule has 31 heavy (non-hydrogen) atoms. The number of benzene rings is 1. The van der Waals surface area contributed by atoms with E-state index in [0.29, 0.717) is 37.2 Å². The van der Waals surface area contributed by atoms with Gasteiger partial charge in [-0.25, -0.2) is 0 Å². The van der Waals surface area contributed by atoms with Gasteiger partial charge in [0.15, 0.2) is 0 Å². The van der Waals surface area contributed by atoms with Crippen LogP contribution in [0, 0.1) is 5.92 Å². The highest BCUT2D eigenvalue weighted by Crippen LogP contribution is 2.30. The van der Waals surface area contributed by atoms with Gasteiger partial charge in [-0.2, -0.15) is 0 Å². The summed E-state index contributed by atoms with van der Waals surface area (Å²) >= 11 is 0. The number of amides is 2. The highest BCUT2D eigenvalue weighted by atomic mass is 16.5. The first-order valence-corrected chi connectivity index (χ1v) is 10.3. The number of hydrogen-bond donors (Lipinski definition) is 1. The van der Waals surface area contributed by atoms with Gasteiger partial charge in [-0.05, 0) is 37.1 Å². The smallest absolute Gasteiger partial charge is 0.257 e. The van der Waals surface area contributed by atoms with E-state index in [9.17, 15) is 9.59 Å². The van der Waals surface area contributed by atoms with Crippen LogP contribution in [0.3, 0.4) is 0 Å². The Morgan fingerprint density at radius 3 is 2.58 bits per heavy atom. The second kappa shape index (κ2) is 9.47. The van der Waals surface area contributed by atoms with Gasteiger partial charge in [-0.15, -0.1) is 0 Å². The monoisotopic (exact) mass is 419 g/mol. The highest BCUT2D eigenvalue weighted by molar-refractivity contribution is 5.94. The van der Waals surface area contributed by atoms with Gasteiger partial charge in [0, 0.05) is 30.8 Å². The fourth-order valence-electron chi connectivity index (χ4n) is 3.94. The quantitative estimate of drug-likeness (QED) is 0.662. The molecule has 0 bridgehead atoms. The summed E-state index contributed by atoms with van der Waals surface area (Å²) in [5, 5.41) is 3.17. The number of likely N-dealkylation sites (tertiary alicyclic amines) is 1. The molecule has 1 atom stereocenters. The molecular weight excluding hydrogens is 394 g/mol. The van der Waals surface area contributed by atoms with Crippen LogP contribution in [-0.2, 0) is 4.79 Å². The summed E-state index contributed by atoms with van der Waals surface area (Å²) in [4.78, 5) is 31.9. The Morgan fingerprint density at radius 1 is 1.13 bits per heavy atom. The normalized spacial score (nSPS) is 15.3. The van der Waals surface area contributed by atoms with Crippen LogP contribution in [0.1, 0.15) is 40.5 Å². The molecule has 7 heteroatoms. The largest absolute Gasteiger partial charge is 0.496 e. The number of aromatic nitrogens is 1. The average molecular weight is 419 g/mol. The lowest BCUT2D eigenvalue weighted by Crippen LogP contribution is -2.44. The molecule has 1 unspecified atom stereocenters. The van der Waals surface area contributed by atoms with Gasteiger partial charge >= 0.3 is 0 Å². The average Bonchev–Trinajstić information content (AvgIpc) is 3.37. The van der Waals surface area contributed by atoms with E-state index in [4.69, 9.17) is 9.15 Å². The molecule has 1 aliphatic heterocycles. The molecule has 1 saturated heterocycles. The van der Waals surface area contributed by atoms with Gasteiger partial charge in [0.05, 0.1) is 30.7 Å². The molecule has 0 aliphatic carbocycles. The molecule has 0 spiro atoms. The molecule has 2 aromatic heterocycles. The number of para-hydroxylation sites is 1. The summed E-state index contributed by atoms with van der Waals surface area (Å²) in [5.74, 6) is 0.415. The SMILES string of the molecule is COc1ccccc1C(NC(=O)C1CCN(C(=O)c2ccoc2)CC1)c1ccccn1. The van der Waals surface area contributed by atoms with Crippen LogP contribution < -0.4 is 10.1 Å². The van der Waals surface area contributed by atoms with Gasteiger partial charge in [0.1, 0.15) is 12.0 Å². The fourth-order valence-corrected chi connectivity index (χ4v) is 3.94. The Balaban J connectivity index is 1.47. The summed E-state index contributed by atoms with van der Waals surface area (Å²) in [6.45, 7) is 1.07. The molecule has 160 valence electrons. The zero-order valence-corrected chi connectivity index (χ0v) is 17.4. The summed E-state index contributed by atoms with van der Waals surface area (Å²) in [5.41, 5.74) is 2.13. The first-order chi connectivity index (χ1) is 15.2. The lowest BCUT2D eigenvalue weighted by atomic mass is 9.94. The maximum atomic E-state index is 13.2. The molecular formula is C24H25N3O4. The van der Waals surface area contributed by atoms with Crippen molar-refractivity contribution in [3.05, 3.63) is 84.1 Å². The van der Waals surface area contributed by atoms with Gasteiger partial charge in [0.2, 0.25) is 5.91 Å². The second-order valence-corrected chi connectivity index (χ2v) is 7.52.